The molecule has 28 heavy (non-hydrogen) atoms. The molecule has 150 valence electrons. The fourth-order valence-electron chi connectivity index (χ4n) is 3.64. The van der Waals surface area contributed by atoms with Crippen LogP contribution >= 0.6 is 0 Å². The normalized spacial score (nSPS) is 16.7. The number of rotatable bonds is 8. The summed E-state index contributed by atoms with van der Waals surface area (Å²) in [5.74, 6) is 3.93. The van der Waals surface area contributed by atoms with Crippen molar-refractivity contribution in [2.75, 3.05) is 20.3 Å². The molecule has 1 atom stereocenters. The predicted octanol–water partition coefficient (Wildman–Crippen LogP) is 4.49. The van der Waals surface area contributed by atoms with Gasteiger partial charge in [0, 0.05) is 12.6 Å². The van der Waals surface area contributed by atoms with Gasteiger partial charge in [-0.15, -0.1) is 0 Å². The lowest BCUT2D eigenvalue weighted by Gasteiger charge is -2.23. The summed E-state index contributed by atoms with van der Waals surface area (Å²) in [6.45, 7) is 6.04. The Labute approximate surface area is 166 Å². The van der Waals surface area contributed by atoms with E-state index >= 15 is 0 Å². The monoisotopic (exact) mass is 383 g/mol. The lowest BCUT2D eigenvalue weighted by molar-refractivity contribution is 0.171. The Kier molecular flexibility index (Phi) is 5.62. The lowest BCUT2D eigenvalue weighted by atomic mass is 10.0. The molecule has 1 aliphatic heterocycles. The van der Waals surface area contributed by atoms with Crippen LogP contribution in [-0.2, 0) is 6.54 Å². The minimum absolute atomic E-state index is 0.118. The number of benzene rings is 2. The van der Waals surface area contributed by atoms with Crippen molar-refractivity contribution in [3.05, 3.63) is 47.5 Å². The summed E-state index contributed by atoms with van der Waals surface area (Å²) >= 11 is 0. The molecule has 0 radical (unpaired) electrons. The third-order valence-corrected chi connectivity index (χ3v) is 5.14. The Morgan fingerprint density at radius 3 is 2.50 bits per heavy atom. The van der Waals surface area contributed by atoms with Crippen molar-refractivity contribution >= 4 is 0 Å². The fraction of sp³-hybridized carbons (Fsp3) is 0.478. The Hall–Kier alpha value is -2.40. The van der Waals surface area contributed by atoms with Gasteiger partial charge in [-0.25, -0.2) is 0 Å². The maximum atomic E-state index is 5.82. The Morgan fingerprint density at radius 2 is 1.79 bits per heavy atom. The smallest absolute Gasteiger partial charge is 0.161 e. The van der Waals surface area contributed by atoms with Crippen molar-refractivity contribution in [3.63, 3.8) is 0 Å². The molecule has 0 bridgehead atoms. The van der Waals surface area contributed by atoms with E-state index in [9.17, 15) is 0 Å². The second-order valence-corrected chi connectivity index (χ2v) is 7.75. The summed E-state index contributed by atoms with van der Waals surface area (Å²) in [7, 11) is 1.68. The van der Waals surface area contributed by atoms with E-state index in [1.54, 1.807) is 7.11 Å². The molecule has 0 aromatic heterocycles. The van der Waals surface area contributed by atoms with Crippen molar-refractivity contribution in [3.8, 4) is 23.0 Å². The SMILES string of the molecule is COc1cc(CNC(c2ccc3c(c2)OCCO3)C2CC2)ccc1OC(C)C. The first-order valence-corrected chi connectivity index (χ1v) is 10.1. The minimum atomic E-state index is 0.118. The maximum absolute atomic E-state index is 5.82. The van der Waals surface area contributed by atoms with Gasteiger partial charge in [0.1, 0.15) is 13.2 Å². The van der Waals surface area contributed by atoms with Crippen LogP contribution in [-0.4, -0.2) is 26.4 Å². The van der Waals surface area contributed by atoms with Crippen molar-refractivity contribution in [2.45, 2.75) is 45.4 Å². The molecule has 2 aliphatic rings. The first-order chi connectivity index (χ1) is 13.6. The Bertz CT molecular complexity index is 816. The topological polar surface area (TPSA) is 49.0 Å². The van der Waals surface area contributed by atoms with Crippen molar-refractivity contribution in [1.82, 2.24) is 5.32 Å². The van der Waals surface area contributed by atoms with E-state index in [0.717, 1.165) is 29.5 Å². The third-order valence-electron chi connectivity index (χ3n) is 5.14. The Morgan fingerprint density at radius 1 is 1.00 bits per heavy atom. The van der Waals surface area contributed by atoms with E-state index in [0.29, 0.717) is 25.2 Å². The molecule has 5 nitrogen and oxygen atoms in total. The van der Waals surface area contributed by atoms with E-state index in [2.05, 4.69) is 29.6 Å². The van der Waals surface area contributed by atoms with Gasteiger partial charge < -0.3 is 24.3 Å². The molecule has 1 aliphatic carbocycles. The molecule has 0 saturated heterocycles. The van der Waals surface area contributed by atoms with Gasteiger partial charge in [0.05, 0.1) is 13.2 Å². The van der Waals surface area contributed by atoms with Gasteiger partial charge >= 0.3 is 0 Å². The number of fused-ring (bicyclic) bond motifs is 1. The summed E-state index contributed by atoms with van der Waals surface area (Å²) in [5.41, 5.74) is 2.44. The molecule has 0 spiro atoms. The Balaban J connectivity index is 1.47. The van der Waals surface area contributed by atoms with E-state index in [1.807, 2.05) is 26.0 Å². The molecule has 1 fully saturated rings. The van der Waals surface area contributed by atoms with Crippen molar-refractivity contribution in [2.24, 2.45) is 5.92 Å². The van der Waals surface area contributed by atoms with Gasteiger partial charge in [-0.1, -0.05) is 12.1 Å². The first kappa shape index (κ1) is 18.9. The van der Waals surface area contributed by atoms with E-state index in [1.165, 1.54) is 24.0 Å². The number of ether oxygens (including phenoxy) is 4. The van der Waals surface area contributed by atoms with Gasteiger partial charge in [-0.2, -0.15) is 0 Å². The molecule has 1 unspecified atom stereocenters. The zero-order valence-corrected chi connectivity index (χ0v) is 16.9. The quantitative estimate of drug-likeness (QED) is 0.728. The largest absolute Gasteiger partial charge is 0.493 e. The highest BCUT2D eigenvalue weighted by Gasteiger charge is 2.32. The molecule has 4 rings (SSSR count). The highest BCUT2D eigenvalue weighted by atomic mass is 16.6. The summed E-state index contributed by atoms with van der Waals surface area (Å²) in [6.07, 6.45) is 2.64. The summed E-state index contributed by atoms with van der Waals surface area (Å²) in [6, 6.07) is 12.8. The van der Waals surface area contributed by atoms with Crippen LogP contribution in [0.1, 0.15) is 43.9 Å². The molecular formula is C23H29NO4. The third kappa shape index (κ3) is 4.36. The second-order valence-electron chi connectivity index (χ2n) is 7.75. The molecule has 2 aromatic carbocycles. The van der Waals surface area contributed by atoms with Crippen LogP contribution in [0, 0.1) is 5.92 Å². The van der Waals surface area contributed by atoms with Crippen LogP contribution in [0.4, 0.5) is 0 Å². The van der Waals surface area contributed by atoms with E-state index in [4.69, 9.17) is 18.9 Å². The van der Waals surface area contributed by atoms with Crippen LogP contribution in [0.15, 0.2) is 36.4 Å². The highest BCUT2D eigenvalue weighted by Crippen LogP contribution is 2.43. The number of methoxy groups -OCH3 is 1. The average Bonchev–Trinajstić information content (AvgIpc) is 3.54. The second kappa shape index (κ2) is 8.31. The van der Waals surface area contributed by atoms with Crippen LogP contribution in [0.3, 0.4) is 0 Å². The number of hydrogen-bond donors (Lipinski definition) is 1. The summed E-state index contributed by atoms with van der Waals surface area (Å²) in [5, 5.41) is 3.74. The van der Waals surface area contributed by atoms with E-state index < -0.39 is 0 Å². The first-order valence-electron chi connectivity index (χ1n) is 10.1. The summed E-state index contributed by atoms with van der Waals surface area (Å²) < 4.78 is 22.8. The molecule has 1 N–H and O–H groups in total. The van der Waals surface area contributed by atoms with Crippen LogP contribution in [0.25, 0.3) is 0 Å². The van der Waals surface area contributed by atoms with Gasteiger partial charge in [0.15, 0.2) is 23.0 Å². The van der Waals surface area contributed by atoms with Crippen molar-refractivity contribution < 1.29 is 18.9 Å². The molecule has 2 aromatic rings. The average molecular weight is 383 g/mol. The molecule has 1 heterocycles. The van der Waals surface area contributed by atoms with Gasteiger partial charge in [-0.3, -0.25) is 0 Å². The lowest BCUT2D eigenvalue weighted by Crippen LogP contribution is -2.23. The van der Waals surface area contributed by atoms with Crippen LogP contribution < -0.4 is 24.3 Å². The number of nitrogens with one attached hydrogen (secondary N) is 1. The highest BCUT2D eigenvalue weighted by molar-refractivity contribution is 5.45. The molecular weight excluding hydrogens is 354 g/mol. The van der Waals surface area contributed by atoms with Crippen LogP contribution in [0.5, 0.6) is 23.0 Å². The zero-order chi connectivity index (χ0) is 19.5. The molecule has 5 heteroatoms. The van der Waals surface area contributed by atoms with E-state index in [-0.39, 0.29) is 6.10 Å². The zero-order valence-electron chi connectivity index (χ0n) is 16.9. The van der Waals surface area contributed by atoms with Gasteiger partial charge in [0.2, 0.25) is 0 Å². The maximum Gasteiger partial charge on any atom is 0.161 e. The summed E-state index contributed by atoms with van der Waals surface area (Å²) in [4.78, 5) is 0. The molecule has 0 amide bonds. The number of hydrogen-bond acceptors (Lipinski definition) is 5. The molecule has 1 saturated carbocycles. The fourth-order valence-corrected chi connectivity index (χ4v) is 3.64. The predicted molar refractivity (Wildman–Crippen MR) is 108 cm³/mol. The van der Waals surface area contributed by atoms with Gasteiger partial charge in [0.25, 0.3) is 0 Å². The van der Waals surface area contributed by atoms with Crippen LogP contribution in [0.2, 0.25) is 0 Å². The standard InChI is InChI=1S/C23H29NO4/c1-15(2)28-20-8-4-16(12-21(20)25-3)14-24-23(17-5-6-17)18-7-9-19-22(13-18)27-11-10-26-19/h4,7-9,12-13,15,17,23-24H,5-6,10-11,14H2,1-3H3. The van der Waals surface area contributed by atoms with Gasteiger partial charge in [-0.05, 0) is 68.0 Å². The minimum Gasteiger partial charge on any atom is -0.493 e. The van der Waals surface area contributed by atoms with Crippen molar-refractivity contribution in [1.29, 1.82) is 0 Å².